The van der Waals surface area contributed by atoms with E-state index in [0.29, 0.717) is 16.6 Å². The van der Waals surface area contributed by atoms with E-state index in [-0.39, 0.29) is 30.6 Å². The Balaban J connectivity index is 1.92. The number of anilines is 1. The van der Waals surface area contributed by atoms with Crippen LogP contribution < -0.4 is 11.1 Å². The summed E-state index contributed by atoms with van der Waals surface area (Å²) < 4.78 is 4.84. The Morgan fingerprint density at radius 3 is 2.86 bits per heavy atom. The number of amides is 2. The first-order valence-corrected chi connectivity index (χ1v) is 7.00. The van der Waals surface area contributed by atoms with Gasteiger partial charge in [-0.05, 0) is 6.92 Å². The van der Waals surface area contributed by atoms with Gasteiger partial charge in [-0.15, -0.1) is 11.3 Å². The van der Waals surface area contributed by atoms with Crippen molar-refractivity contribution in [2.75, 3.05) is 18.9 Å². The van der Waals surface area contributed by atoms with Gasteiger partial charge in [0.2, 0.25) is 5.91 Å². The van der Waals surface area contributed by atoms with E-state index in [1.165, 1.54) is 23.3 Å². The molecule has 0 atom stereocenters. The van der Waals surface area contributed by atoms with Gasteiger partial charge in [0.25, 0.3) is 5.91 Å². The third-order valence-electron chi connectivity index (χ3n) is 2.57. The van der Waals surface area contributed by atoms with Crippen LogP contribution in [0.2, 0.25) is 0 Å². The van der Waals surface area contributed by atoms with E-state index in [0.717, 1.165) is 0 Å². The van der Waals surface area contributed by atoms with Gasteiger partial charge < -0.3 is 20.5 Å². The number of hydrogen-bond acceptors (Lipinski definition) is 7. The maximum absolute atomic E-state index is 12.1. The Morgan fingerprint density at radius 2 is 2.29 bits per heavy atom. The van der Waals surface area contributed by atoms with Crippen LogP contribution in [0, 0.1) is 6.92 Å². The van der Waals surface area contributed by atoms with Gasteiger partial charge in [0.1, 0.15) is 16.5 Å². The second kappa shape index (κ2) is 6.46. The third-order valence-corrected chi connectivity index (χ3v) is 3.44. The number of aromatic nitrogens is 2. The van der Waals surface area contributed by atoms with Gasteiger partial charge in [0.15, 0.2) is 5.82 Å². The summed E-state index contributed by atoms with van der Waals surface area (Å²) >= 11 is 1.31. The highest BCUT2D eigenvalue weighted by atomic mass is 32.1. The van der Waals surface area contributed by atoms with E-state index in [1.807, 2.05) is 0 Å². The van der Waals surface area contributed by atoms with E-state index in [2.05, 4.69) is 15.5 Å². The highest BCUT2D eigenvalue weighted by Gasteiger charge is 2.18. The number of thiazole rings is 1. The summed E-state index contributed by atoms with van der Waals surface area (Å²) in [5.41, 5.74) is 5.74. The summed E-state index contributed by atoms with van der Waals surface area (Å²) in [6.45, 7) is 1.89. The van der Waals surface area contributed by atoms with Crippen molar-refractivity contribution in [3.8, 4) is 0 Å². The van der Waals surface area contributed by atoms with Crippen LogP contribution in [0.15, 0.2) is 16.0 Å². The van der Waals surface area contributed by atoms with E-state index < -0.39 is 0 Å². The van der Waals surface area contributed by atoms with Crippen molar-refractivity contribution < 1.29 is 14.1 Å². The lowest BCUT2D eigenvalue weighted by atomic mass is 10.4. The minimum atomic E-state index is -0.367. The van der Waals surface area contributed by atoms with Gasteiger partial charge in [-0.25, -0.2) is 4.98 Å². The molecule has 0 fully saturated rings. The molecule has 3 N–H and O–H groups in total. The van der Waals surface area contributed by atoms with Crippen molar-refractivity contribution in [1.29, 1.82) is 0 Å². The second-order valence-electron chi connectivity index (χ2n) is 4.36. The molecule has 0 aromatic carbocycles. The fourth-order valence-corrected chi connectivity index (χ4v) is 2.24. The first-order chi connectivity index (χ1) is 9.99. The van der Waals surface area contributed by atoms with Gasteiger partial charge in [0.05, 0.1) is 6.54 Å². The summed E-state index contributed by atoms with van der Waals surface area (Å²) in [5.74, 6) is 0.204. The highest BCUT2D eigenvalue weighted by molar-refractivity contribution is 7.09. The lowest BCUT2D eigenvalue weighted by molar-refractivity contribution is -0.116. The molecule has 0 aliphatic heterocycles. The van der Waals surface area contributed by atoms with Crippen molar-refractivity contribution in [3.63, 3.8) is 0 Å². The quantitative estimate of drug-likeness (QED) is 0.836. The largest absolute Gasteiger partial charge is 0.360 e. The molecule has 0 aliphatic rings. The van der Waals surface area contributed by atoms with E-state index >= 15 is 0 Å². The zero-order valence-electron chi connectivity index (χ0n) is 11.6. The molecule has 0 saturated heterocycles. The smallest absolute Gasteiger partial charge is 0.273 e. The number of aryl methyl sites for hydroxylation is 1. The van der Waals surface area contributed by atoms with Crippen LogP contribution in [0.25, 0.3) is 0 Å². The average Bonchev–Trinajstić information content (AvgIpc) is 3.06. The highest BCUT2D eigenvalue weighted by Crippen LogP contribution is 2.11. The molecule has 112 valence electrons. The minimum Gasteiger partial charge on any atom is -0.360 e. The van der Waals surface area contributed by atoms with Gasteiger partial charge in [-0.2, -0.15) is 0 Å². The number of likely N-dealkylation sites (N-methyl/N-ethyl adjacent to an activating group) is 1. The lowest BCUT2D eigenvalue weighted by Gasteiger charge is -2.14. The minimum absolute atomic E-state index is 0.111. The molecular weight excluding hydrogens is 294 g/mol. The zero-order chi connectivity index (χ0) is 15.4. The monoisotopic (exact) mass is 309 g/mol. The predicted molar refractivity (Wildman–Crippen MR) is 76.8 cm³/mol. The van der Waals surface area contributed by atoms with Crippen molar-refractivity contribution in [1.82, 2.24) is 15.0 Å². The van der Waals surface area contributed by atoms with Crippen LogP contribution in [0.5, 0.6) is 0 Å². The normalized spacial score (nSPS) is 10.4. The zero-order valence-corrected chi connectivity index (χ0v) is 12.4. The number of carbonyl (C=O) groups excluding carboxylic acids is 2. The second-order valence-corrected chi connectivity index (χ2v) is 5.31. The molecule has 2 amide bonds. The Morgan fingerprint density at radius 1 is 1.52 bits per heavy atom. The predicted octanol–water partition coefficient (Wildman–Crippen LogP) is 0.609. The van der Waals surface area contributed by atoms with E-state index in [9.17, 15) is 9.59 Å². The Labute approximate surface area is 124 Å². The van der Waals surface area contributed by atoms with E-state index in [1.54, 1.807) is 18.4 Å². The summed E-state index contributed by atoms with van der Waals surface area (Å²) in [6, 6.07) is 1.59. The fourth-order valence-electron chi connectivity index (χ4n) is 1.59. The SMILES string of the molecule is Cc1cc(NC(=O)CN(C)C(=O)c2csc(CN)n2)no1. The van der Waals surface area contributed by atoms with Crippen LogP contribution in [-0.4, -0.2) is 40.4 Å². The number of hydrogen-bond donors (Lipinski definition) is 2. The molecule has 2 heterocycles. The number of nitrogens with zero attached hydrogens (tertiary/aromatic N) is 3. The molecule has 0 radical (unpaired) electrons. The molecule has 0 saturated carbocycles. The van der Waals surface area contributed by atoms with Crippen LogP contribution in [0.4, 0.5) is 5.82 Å². The van der Waals surface area contributed by atoms with E-state index in [4.69, 9.17) is 10.3 Å². The lowest BCUT2D eigenvalue weighted by Crippen LogP contribution is -2.35. The maximum atomic E-state index is 12.1. The Kier molecular flexibility index (Phi) is 4.66. The summed E-state index contributed by atoms with van der Waals surface area (Å²) in [5, 5.41) is 8.49. The summed E-state index contributed by atoms with van der Waals surface area (Å²) in [4.78, 5) is 29.2. The standard InChI is InChI=1S/C12H15N5O3S/c1-7-3-9(16-20-7)15-10(18)5-17(2)12(19)8-6-21-11(4-13)14-8/h3,6H,4-5,13H2,1-2H3,(H,15,16,18). The van der Waals surface area contributed by atoms with Crippen molar-refractivity contribution >= 4 is 29.0 Å². The summed E-state index contributed by atoms with van der Waals surface area (Å²) in [7, 11) is 1.53. The molecule has 9 heteroatoms. The molecule has 0 spiro atoms. The summed E-state index contributed by atoms with van der Waals surface area (Å²) in [6.07, 6.45) is 0. The fraction of sp³-hybridized carbons (Fsp3) is 0.333. The first-order valence-electron chi connectivity index (χ1n) is 6.12. The van der Waals surface area contributed by atoms with Crippen molar-refractivity contribution in [2.24, 2.45) is 5.73 Å². The molecule has 0 bridgehead atoms. The average molecular weight is 309 g/mol. The van der Waals surface area contributed by atoms with Crippen molar-refractivity contribution in [3.05, 3.63) is 27.9 Å². The van der Waals surface area contributed by atoms with Gasteiger partial charge in [-0.1, -0.05) is 5.16 Å². The van der Waals surface area contributed by atoms with Crippen LogP contribution >= 0.6 is 11.3 Å². The molecular formula is C12H15N5O3S. The molecule has 0 unspecified atom stereocenters. The molecule has 21 heavy (non-hydrogen) atoms. The van der Waals surface area contributed by atoms with Crippen LogP contribution in [0.1, 0.15) is 21.3 Å². The first kappa shape index (κ1) is 15.1. The number of nitrogens with two attached hydrogens (primary N) is 1. The third kappa shape index (κ3) is 3.86. The molecule has 2 aromatic rings. The van der Waals surface area contributed by atoms with Gasteiger partial charge in [-0.3, -0.25) is 9.59 Å². The molecule has 8 nitrogen and oxygen atoms in total. The van der Waals surface area contributed by atoms with Gasteiger partial charge >= 0.3 is 0 Å². The number of carbonyl (C=O) groups is 2. The Bertz CT molecular complexity index is 651. The van der Waals surface area contributed by atoms with Crippen molar-refractivity contribution in [2.45, 2.75) is 13.5 Å². The maximum Gasteiger partial charge on any atom is 0.273 e. The van der Waals surface area contributed by atoms with Crippen LogP contribution in [-0.2, 0) is 11.3 Å². The molecule has 2 aromatic heterocycles. The van der Waals surface area contributed by atoms with Gasteiger partial charge in [0, 0.05) is 25.0 Å². The molecule has 2 rings (SSSR count). The number of rotatable bonds is 5. The van der Waals surface area contributed by atoms with Crippen LogP contribution in [0.3, 0.4) is 0 Å². The molecule has 0 aliphatic carbocycles. The number of nitrogens with one attached hydrogen (secondary N) is 1. The topological polar surface area (TPSA) is 114 Å². The Hall–Kier alpha value is -2.26.